The first-order valence-electron chi connectivity index (χ1n) is 10.1. The summed E-state index contributed by atoms with van der Waals surface area (Å²) in [4.78, 5) is 15.2. The van der Waals surface area contributed by atoms with Gasteiger partial charge in [-0.2, -0.15) is 0 Å². The third kappa shape index (κ3) is 5.26. The van der Waals surface area contributed by atoms with Gasteiger partial charge in [0.1, 0.15) is 11.5 Å². The Hall–Kier alpha value is -2.53. The van der Waals surface area contributed by atoms with E-state index in [1.54, 1.807) is 7.11 Å². The molecule has 1 aliphatic rings. The Labute approximate surface area is 167 Å². The summed E-state index contributed by atoms with van der Waals surface area (Å²) in [5, 5.41) is 3.12. The van der Waals surface area contributed by atoms with Gasteiger partial charge in [-0.3, -0.25) is 9.69 Å². The molecule has 1 aliphatic heterocycles. The summed E-state index contributed by atoms with van der Waals surface area (Å²) in [5.41, 5.74) is 1.83. The fourth-order valence-corrected chi connectivity index (χ4v) is 3.58. The van der Waals surface area contributed by atoms with Gasteiger partial charge in [0.15, 0.2) is 0 Å². The number of hydrogen-bond donors (Lipinski definition) is 1. The molecule has 1 saturated heterocycles. The Kier molecular flexibility index (Phi) is 7.31. The van der Waals surface area contributed by atoms with Gasteiger partial charge in [0.2, 0.25) is 0 Å². The average Bonchev–Trinajstić information content (AvgIpc) is 3.27. The van der Waals surface area contributed by atoms with Crippen LogP contribution in [0.5, 0.6) is 11.5 Å². The maximum Gasteiger partial charge on any atom is 0.251 e. The highest BCUT2D eigenvalue weighted by Gasteiger charge is 2.24. The maximum atomic E-state index is 12.7. The molecule has 1 atom stereocenters. The SMILES string of the molecule is CCCOc1cccc(C(=O)NC[C@@H](c2ccc(OC)cc2)N2CCCC2)c1. The fraction of sp³-hybridized carbons (Fsp3) is 0.435. The molecule has 0 bridgehead atoms. The Morgan fingerprint density at radius 1 is 1.11 bits per heavy atom. The number of carbonyl (C=O) groups is 1. The molecule has 2 aromatic carbocycles. The van der Waals surface area contributed by atoms with E-state index in [0.717, 1.165) is 31.0 Å². The third-order valence-electron chi connectivity index (χ3n) is 5.11. The van der Waals surface area contributed by atoms with E-state index in [2.05, 4.69) is 29.3 Å². The number of likely N-dealkylation sites (tertiary alicyclic amines) is 1. The molecule has 1 N–H and O–H groups in total. The molecule has 1 amide bonds. The molecular formula is C23H30N2O3. The number of carbonyl (C=O) groups excluding carboxylic acids is 1. The quantitative estimate of drug-likeness (QED) is 0.711. The van der Waals surface area contributed by atoms with Crippen molar-refractivity contribution in [1.82, 2.24) is 10.2 Å². The molecule has 0 aromatic heterocycles. The van der Waals surface area contributed by atoms with Gasteiger partial charge in [-0.15, -0.1) is 0 Å². The number of hydrogen-bond acceptors (Lipinski definition) is 4. The van der Waals surface area contributed by atoms with Crippen LogP contribution in [0.3, 0.4) is 0 Å². The van der Waals surface area contributed by atoms with Crippen LogP contribution in [-0.2, 0) is 0 Å². The maximum absolute atomic E-state index is 12.7. The van der Waals surface area contributed by atoms with Crippen LogP contribution in [0.4, 0.5) is 0 Å². The van der Waals surface area contributed by atoms with Crippen molar-refractivity contribution in [3.05, 3.63) is 59.7 Å². The molecule has 1 heterocycles. The second-order valence-corrected chi connectivity index (χ2v) is 7.12. The Balaban J connectivity index is 1.68. The van der Waals surface area contributed by atoms with Crippen LogP contribution < -0.4 is 14.8 Å². The Morgan fingerprint density at radius 3 is 2.54 bits per heavy atom. The molecule has 28 heavy (non-hydrogen) atoms. The Morgan fingerprint density at radius 2 is 1.86 bits per heavy atom. The molecule has 150 valence electrons. The van der Waals surface area contributed by atoms with Gasteiger partial charge in [-0.05, 0) is 68.2 Å². The van der Waals surface area contributed by atoms with Crippen LogP contribution in [0.15, 0.2) is 48.5 Å². The molecule has 2 aromatic rings. The Bertz CT molecular complexity index is 755. The second-order valence-electron chi connectivity index (χ2n) is 7.12. The summed E-state index contributed by atoms with van der Waals surface area (Å²) in [6.45, 7) is 5.42. The monoisotopic (exact) mass is 382 g/mol. The minimum atomic E-state index is -0.0698. The smallest absolute Gasteiger partial charge is 0.251 e. The van der Waals surface area contributed by atoms with Crippen molar-refractivity contribution in [2.24, 2.45) is 0 Å². The fourth-order valence-electron chi connectivity index (χ4n) is 3.58. The first kappa shape index (κ1) is 20.2. The second kappa shape index (κ2) is 10.1. The molecule has 0 radical (unpaired) electrons. The van der Waals surface area contributed by atoms with E-state index in [-0.39, 0.29) is 11.9 Å². The van der Waals surface area contributed by atoms with E-state index in [1.165, 1.54) is 18.4 Å². The lowest BCUT2D eigenvalue weighted by atomic mass is 10.0. The van der Waals surface area contributed by atoms with E-state index in [1.807, 2.05) is 36.4 Å². The lowest BCUT2D eigenvalue weighted by molar-refractivity contribution is 0.0937. The lowest BCUT2D eigenvalue weighted by Gasteiger charge is -2.28. The van der Waals surface area contributed by atoms with E-state index in [0.29, 0.717) is 18.7 Å². The van der Waals surface area contributed by atoms with E-state index in [9.17, 15) is 4.79 Å². The normalized spacial score (nSPS) is 15.2. The van der Waals surface area contributed by atoms with Crippen molar-refractivity contribution >= 4 is 5.91 Å². The zero-order chi connectivity index (χ0) is 19.8. The van der Waals surface area contributed by atoms with Gasteiger partial charge in [0, 0.05) is 12.1 Å². The zero-order valence-electron chi connectivity index (χ0n) is 16.8. The predicted molar refractivity (Wildman–Crippen MR) is 111 cm³/mol. The van der Waals surface area contributed by atoms with Crippen LogP contribution in [0.1, 0.15) is 48.1 Å². The number of nitrogens with one attached hydrogen (secondary N) is 1. The standard InChI is InChI=1S/C23H30N2O3/c1-3-15-28-21-8-6-7-19(16-21)23(26)24-17-22(25-13-4-5-14-25)18-9-11-20(27-2)12-10-18/h6-12,16,22H,3-5,13-15,17H2,1-2H3,(H,24,26)/t22-/m0/s1. The average molecular weight is 383 g/mol. The molecule has 0 unspecified atom stereocenters. The van der Waals surface area contributed by atoms with E-state index >= 15 is 0 Å². The van der Waals surface area contributed by atoms with Gasteiger partial charge >= 0.3 is 0 Å². The van der Waals surface area contributed by atoms with Gasteiger partial charge in [-0.25, -0.2) is 0 Å². The minimum absolute atomic E-state index is 0.0698. The lowest BCUT2D eigenvalue weighted by Crippen LogP contribution is -2.36. The zero-order valence-corrected chi connectivity index (χ0v) is 16.8. The third-order valence-corrected chi connectivity index (χ3v) is 5.11. The van der Waals surface area contributed by atoms with Crippen LogP contribution >= 0.6 is 0 Å². The van der Waals surface area contributed by atoms with Crippen molar-refractivity contribution in [3.63, 3.8) is 0 Å². The predicted octanol–water partition coefficient (Wildman–Crippen LogP) is 4.05. The first-order valence-corrected chi connectivity index (χ1v) is 10.1. The van der Waals surface area contributed by atoms with Crippen molar-refractivity contribution < 1.29 is 14.3 Å². The van der Waals surface area contributed by atoms with Gasteiger partial charge in [0.05, 0.1) is 19.8 Å². The topological polar surface area (TPSA) is 50.8 Å². The van der Waals surface area contributed by atoms with Gasteiger partial charge in [0.25, 0.3) is 5.91 Å². The molecule has 0 saturated carbocycles. The number of methoxy groups -OCH3 is 1. The molecule has 5 heteroatoms. The number of nitrogens with zero attached hydrogens (tertiary/aromatic N) is 1. The number of rotatable bonds is 9. The number of ether oxygens (including phenoxy) is 2. The van der Waals surface area contributed by atoms with Crippen molar-refractivity contribution in [1.29, 1.82) is 0 Å². The van der Waals surface area contributed by atoms with Crippen LogP contribution in [-0.4, -0.2) is 44.2 Å². The summed E-state index contributed by atoms with van der Waals surface area (Å²) in [6, 6.07) is 15.7. The molecule has 0 spiro atoms. The first-order chi connectivity index (χ1) is 13.7. The number of amides is 1. The summed E-state index contributed by atoms with van der Waals surface area (Å²) in [7, 11) is 1.67. The van der Waals surface area contributed by atoms with E-state index < -0.39 is 0 Å². The largest absolute Gasteiger partial charge is 0.497 e. The van der Waals surface area contributed by atoms with Crippen LogP contribution in [0.2, 0.25) is 0 Å². The molecule has 5 nitrogen and oxygen atoms in total. The highest BCUT2D eigenvalue weighted by atomic mass is 16.5. The van der Waals surface area contributed by atoms with Crippen LogP contribution in [0, 0.1) is 0 Å². The number of benzene rings is 2. The van der Waals surface area contributed by atoms with Gasteiger partial charge in [-0.1, -0.05) is 25.1 Å². The van der Waals surface area contributed by atoms with Gasteiger partial charge < -0.3 is 14.8 Å². The highest BCUT2D eigenvalue weighted by Crippen LogP contribution is 2.26. The highest BCUT2D eigenvalue weighted by molar-refractivity contribution is 5.94. The molecule has 0 aliphatic carbocycles. The molecular weight excluding hydrogens is 352 g/mol. The van der Waals surface area contributed by atoms with Crippen molar-refractivity contribution in [2.75, 3.05) is 33.4 Å². The van der Waals surface area contributed by atoms with Crippen molar-refractivity contribution in [3.8, 4) is 11.5 Å². The summed E-state index contributed by atoms with van der Waals surface area (Å²) in [5.74, 6) is 1.51. The van der Waals surface area contributed by atoms with Crippen molar-refractivity contribution in [2.45, 2.75) is 32.2 Å². The summed E-state index contributed by atoms with van der Waals surface area (Å²) in [6.07, 6.45) is 3.35. The summed E-state index contributed by atoms with van der Waals surface area (Å²) >= 11 is 0. The van der Waals surface area contributed by atoms with E-state index in [4.69, 9.17) is 9.47 Å². The van der Waals surface area contributed by atoms with Crippen LogP contribution in [0.25, 0.3) is 0 Å². The molecule has 3 rings (SSSR count). The molecule has 1 fully saturated rings. The minimum Gasteiger partial charge on any atom is -0.497 e. The summed E-state index contributed by atoms with van der Waals surface area (Å²) < 4.78 is 10.9.